The molecule has 0 saturated carbocycles. The van der Waals surface area contributed by atoms with Crippen molar-refractivity contribution in [1.82, 2.24) is 9.88 Å². The SMILES string of the molecule is Cc1ccc(Cl)c(OC[C@@]2(O)CCCN(Cc3ccc4[nH]ccc4c3)C2)c1. The van der Waals surface area contributed by atoms with Gasteiger partial charge in [-0.05, 0) is 73.2 Å². The van der Waals surface area contributed by atoms with Crippen molar-refractivity contribution in [3.8, 4) is 5.75 Å². The van der Waals surface area contributed by atoms with E-state index in [9.17, 15) is 5.11 Å². The Kier molecular flexibility index (Phi) is 5.13. The number of likely N-dealkylation sites (tertiary alicyclic amines) is 1. The smallest absolute Gasteiger partial charge is 0.138 e. The first kappa shape index (κ1) is 18.4. The molecule has 0 bridgehead atoms. The molecule has 1 fully saturated rings. The number of halogens is 1. The summed E-state index contributed by atoms with van der Waals surface area (Å²) in [5, 5.41) is 12.9. The van der Waals surface area contributed by atoms with Crippen molar-refractivity contribution in [2.45, 2.75) is 31.9 Å². The van der Waals surface area contributed by atoms with Crippen LogP contribution in [-0.2, 0) is 6.54 Å². The van der Waals surface area contributed by atoms with Crippen molar-refractivity contribution < 1.29 is 9.84 Å². The van der Waals surface area contributed by atoms with Gasteiger partial charge in [-0.3, -0.25) is 4.90 Å². The Balaban J connectivity index is 1.41. The minimum Gasteiger partial charge on any atom is -0.489 e. The predicted octanol–water partition coefficient (Wildman–Crippen LogP) is 4.54. The standard InChI is InChI=1S/C22H25ClN2O2/c1-16-3-5-19(23)21(11-16)27-15-22(26)8-2-10-25(14-22)13-17-4-6-20-18(12-17)7-9-24-20/h3-7,9,11-12,24,26H,2,8,10,13-15H2,1H3/t22-/m1/s1. The third-order valence-electron chi connectivity index (χ3n) is 5.24. The van der Waals surface area contributed by atoms with Gasteiger partial charge < -0.3 is 14.8 Å². The molecule has 3 aromatic rings. The van der Waals surface area contributed by atoms with Gasteiger partial charge in [-0.15, -0.1) is 0 Å². The van der Waals surface area contributed by atoms with Crippen LogP contribution in [0, 0.1) is 6.92 Å². The van der Waals surface area contributed by atoms with Crippen molar-refractivity contribution in [3.05, 3.63) is 64.8 Å². The number of aryl methyl sites for hydroxylation is 1. The number of H-pyrrole nitrogens is 1. The van der Waals surface area contributed by atoms with E-state index in [1.807, 2.05) is 31.3 Å². The van der Waals surface area contributed by atoms with E-state index < -0.39 is 5.60 Å². The second-order valence-electron chi connectivity index (χ2n) is 7.66. The van der Waals surface area contributed by atoms with Crippen LogP contribution < -0.4 is 4.74 Å². The largest absolute Gasteiger partial charge is 0.489 e. The number of nitrogens with zero attached hydrogens (tertiary/aromatic N) is 1. The van der Waals surface area contributed by atoms with Gasteiger partial charge >= 0.3 is 0 Å². The van der Waals surface area contributed by atoms with E-state index in [-0.39, 0.29) is 6.61 Å². The van der Waals surface area contributed by atoms with E-state index in [1.54, 1.807) is 0 Å². The summed E-state index contributed by atoms with van der Waals surface area (Å²) in [4.78, 5) is 5.53. The summed E-state index contributed by atoms with van der Waals surface area (Å²) in [6, 6.07) is 14.3. The van der Waals surface area contributed by atoms with E-state index in [1.165, 1.54) is 10.9 Å². The zero-order valence-electron chi connectivity index (χ0n) is 15.5. The average molecular weight is 385 g/mol. The molecule has 27 heavy (non-hydrogen) atoms. The molecule has 1 saturated heterocycles. The normalized spacial score (nSPS) is 20.9. The number of aromatic amines is 1. The van der Waals surface area contributed by atoms with Crippen LogP contribution in [0.4, 0.5) is 0 Å². The topological polar surface area (TPSA) is 48.5 Å². The van der Waals surface area contributed by atoms with Crippen LogP contribution in [0.15, 0.2) is 48.7 Å². The molecule has 0 aliphatic carbocycles. The monoisotopic (exact) mass is 384 g/mol. The van der Waals surface area contributed by atoms with Gasteiger partial charge in [-0.2, -0.15) is 0 Å². The van der Waals surface area contributed by atoms with Crippen LogP contribution in [-0.4, -0.2) is 40.3 Å². The van der Waals surface area contributed by atoms with Gasteiger partial charge in [0.15, 0.2) is 0 Å². The maximum Gasteiger partial charge on any atom is 0.138 e. The van der Waals surface area contributed by atoms with Crippen LogP contribution in [0.5, 0.6) is 5.75 Å². The fourth-order valence-corrected chi connectivity index (χ4v) is 4.02. The first-order valence-corrected chi connectivity index (χ1v) is 9.78. The zero-order valence-corrected chi connectivity index (χ0v) is 16.3. The molecule has 0 spiro atoms. The molecule has 1 aliphatic heterocycles. The highest BCUT2D eigenvalue weighted by Crippen LogP contribution is 2.29. The Morgan fingerprint density at radius 1 is 1.22 bits per heavy atom. The molecule has 1 atom stereocenters. The Bertz CT molecular complexity index is 939. The Morgan fingerprint density at radius 2 is 2.11 bits per heavy atom. The lowest BCUT2D eigenvalue weighted by Gasteiger charge is -2.39. The number of hydrogen-bond donors (Lipinski definition) is 2. The molecule has 0 unspecified atom stereocenters. The quantitative estimate of drug-likeness (QED) is 0.679. The van der Waals surface area contributed by atoms with Gasteiger partial charge in [0.2, 0.25) is 0 Å². The number of benzene rings is 2. The van der Waals surface area contributed by atoms with Gasteiger partial charge in [0.1, 0.15) is 18.0 Å². The molecule has 0 radical (unpaired) electrons. The fourth-order valence-electron chi connectivity index (χ4n) is 3.85. The first-order chi connectivity index (χ1) is 13.0. The summed E-state index contributed by atoms with van der Waals surface area (Å²) in [6.45, 7) is 4.67. The van der Waals surface area contributed by atoms with Crippen LogP contribution in [0.3, 0.4) is 0 Å². The van der Waals surface area contributed by atoms with E-state index in [4.69, 9.17) is 16.3 Å². The second kappa shape index (κ2) is 7.55. The maximum absolute atomic E-state index is 11.1. The van der Waals surface area contributed by atoms with E-state index in [2.05, 4.69) is 34.1 Å². The summed E-state index contributed by atoms with van der Waals surface area (Å²) in [5.41, 5.74) is 2.64. The molecule has 4 rings (SSSR count). The molecule has 5 heteroatoms. The lowest BCUT2D eigenvalue weighted by molar-refractivity contribution is -0.0620. The Labute approximate surface area is 164 Å². The van der Waals surface area contributed by atoms with E-state index in [0.29, 0.717) is 17.3 Å². The molecule has 142 valence electrons. The number of β-amino-alcohol motifs (C(OH)–C–C–N with tert-alkyl or cyclic N) is 1. The van der Waals surface area contributed by atoms with E-state index >= 15 is 0 Å². The van der Waals surface area contributed by atoms with Crippen molar-refractivity contribution in [2.24, 2.45) is 0 Å². The van der Waals surface area contributed by atoms with Crippen LogP contribution >= 0.6 is 11.6 Å². The third-order valence-corrected chi connectivity index (χ3v) is 5.55. The number of aliphatic hydroxyl groups is 1. The second-order valence-corrected chi connectivity index (χ2v) is 8.07. The first-order valence-electron chi connectivity index (χ1n) is 9.41. The van der Waals surface area contributed by atoms with Gasteiger partial charge in [0.05, 0.1) is 5.02 Å². The molecule has 2 N–H and O–H groups in total. The van der Waals surface area contributed by atoms with Crippen LogP contribution in [0.2, 0.25) is 5.02 Å². The Morgan fingerprint density at radius 3 is 3.00 bits per heavy atom. The van der Waals surface area contributed by atoms with Gasteiger partial charge in [-0.25, -0.2) is 0 Å². The number of ether oxygens (including phenoxy) is 1. The lowest BCUT2D eigenvalue weighted by Crippen LogP contribution is -2.51. The molecule has 1 aromatic heterocycles. The molecule has 4 nitrogen and oxygen atoms in total. The van der Waals surface area contributed by atoms with Gasteiger partial charge in [0, 0.05) is 24.8 Å². The van der Waals surface area contributed by atoms with Gasteiger partial charge in [-0.1, -0.05) is 23.7 Å². The van der Waals surface area contributed by atoms with Crippen LogP contribution in [0.1, 0.15) is 24.0 Å². The highest BCUT2D eigenvalue weighted by atomic mass is 35.5. The minimum absolute atomic E-state index is 0.253. The maximum atomic E-state index is 11.1. The number of hydrogen-bond acceptors (Lipinski definition) is 3. The molecule has 0 amide bonds. The van der Waals surface area contributed by atoms with E-state index in [0.717, 1.165) is 37.0 Å². The van der Waals surface area contributed by atoms with Crippen molar-refractivity contribution in [1.29, 1.82) is 0 Å². The number of nitrogens with one attached hydrogen (secondary N) is 1. The summed E-state index contributed by atoms with van der Waals surface area (Å²) in [6.07, 6.45) is 3.65. The third kappa shape index (κ3) is 4.29. The summed E-state index contributed by atoms with van der Waals surface area (Å²) in [7, 11) is 0. The molecular weight excluding hydrogens is 360 g/mol. The molecule has 1 aliphatic rings. The highest BCUT2D eigenvalue weighted by molar-refractivity contribution is 6.32. The van der Waals surface area contributed by atoms with Gasteiger partial charge in [0.25, 0.3) is 0 Å². The van der Waals surface area contributed by atoms with Crippen molar-refractivity contribution >= 4 is 22.5 Å². The summed E-state index contributed by atoms with van der Waals surface area (Å²) in [5.74, 6) is 0.639. The minimum atomic E-state index is -0.858. The summed E-state index contributed by atoms with van der Waals surface area (Å²) < 4.78 is 5.89. The highest BCUT2D eigenvalue weighted by Gasteiger charge is 2.34. The predicted molar refractivity (Wildman–Crippen MR) is 109 cm³/mol. The van der Waals surface area contributed by atoms with Crippen molar-refractivity contribution in [3.63, 3.8) is 0 Å². The zero-order chi connectivity index (χ0) is 18.9. The fraction of sp³-hybridized carbons (Fsp3) is 0.364. The molecule has 2 heterocycles. The molecular formula is C22H25ClN2O2. The number of rotatable bonds is 5. The number of aromatic nitrogens is 1. The van der Waals surface area contributed by atoms with Crippen molar-refractivity contribution in [2.75, 3.05) is 19.7 Å². The number of fused-ring (bicyclic) bond motifs is 1. The molecule has 2 aromatic carbocycles. The average Bonchev–Trinajstić information content (AvgIpc) is 3.10. The van der Waals surface area contributed by atoms with Crippen LogP contribution in [0.25, 0.3) is 10.9 Å². The lowest BCUT2D eigenvalue weighted by atomic mass is 9.93. The number of piperidine rings is 1. The summed E-state index contributed by atoms with van der Waals surface area (Å²) >= 11 is 6.21. The Hall–Kier alpha value is -2.01.